The first-order valence-corrected chi connectivity index (χ1v) is 14.0. The van der Waals surface area contributed by atoms with E-state index in [2.05, 4.69) is 81.4 Å². The molecule has 1 heterocycles. The van der Waals surface area contributed by atoms with Crippen molar-refractivity contribution in [3.8, 4) is 33.8 Å². The average molecular weight is 533 g/mol. The number of benzene rings is 5. The van der Waals surface area contributed by atoms with Crippen LogP contribution in [-0.2, 0) is 0 Å². The van der Waals surface area contributed by atoms with Gasteiger partial charge in [0, 0.05) is 21.9 Å². The molecular formula is C34H29O4P. The van der Waals surface area contributed by atoms with Crippen molar-refractivity contribution in [2.24, 2.45) is 0 Å². The van der Waals surface area contributed by atoms with Crippen molar-refractivity contribution in [2.75, 3.05) is 7.11 Å². The second-order valence-electron chi connectivity index (χ2n) is 9.71. The van der Waals surface area contributed by atoms with Crippen molar-refractivity contribution in [1.29, 1.82) is 0 Å². The van der Waals surface area contributed by atoms with Crippen LogP contribution in [0, 0.1) is 20.8 Å². The Kier molecular flexibility index (Phi) is 6.64. The topological polar surface area (TPSA) is 44.7 Å². The summed E-state index contributed by atoms with van der Waals surface area (Å²) in [5, 5.41) is 1.90. The molecular weight excluding hydrogens is 503 g/mol. The van der Waals surface area contributed by atoms with Gasteiger partial charge < -0.3 is 17.7 Å². The number of hydrogen-bond acceptors (Lipinski definition) is 4. The Morgan fingerprint density at radius 2 is 1.13 bits per heavy atom. The maximum absolute atomic E-state index is 6.80. The molecule has 0 saturated heterocycles. The SMILES string of the molecule is COc1cc(C)cc2c1op(Oc1c(-c3ccccc3)cccc1-c1ccccc1)oc1c(C)cc(C)cc12. The lowest BCUT2D eigenvalue weighted by molar-refractivity contribution is 0.410. The Morgan fingerprint density at radius 1 is 0.590 bits per heavy atom. The Hall–Kier alpha value is -4.40. The van der Waals surface area contributed by atoms with E-state index in [0.717, 1.165) is 55.3 Å². The summed E-state index contributed by atoms with van der Waals surface area (Å²) in [7, 11) is -0.238. The van der Waals surface area contributed by atoms with E-state index in [4.69, 9.17) is 17.7 Å². The summed E-state index contributed by atoms with van der Waals surface area (Å²) in [5.41, 5.74) is 8.67. The number of fused-ring (bicyclic) bond motifs is 3. The van der Waals surface area contributed by atoms with Crippen LogP contribution in [-0.4, -0.2) is 7.11 Å². The largest absolute Gasteiger partial charge is 0.493 e. The quantitative estimate of drug-likeness (QED) is 0.222. The Morgan fingerprint density at radius 3 is 1.72 bits per heavy atom. The van der Waals surface area contributed by atoms with Gasteiger partial charge in [-0.15, -0.1) is 0 Å². The van der Waals surface area contributed by atoms with Gasteiger partial charge in [-0.1, -0.05) is 84.9 Å². The van der Waals surface area contributed by atoms with Gasteiger partial charge in [-0.05, 0) is 66.8 Å². The maximum Gasteiger partial charge on any atom is 0.453 e. The minimum Gasteiger partial charge on any atom is -0.493 e. The van der Waals surface area contributed by atoms with Crippen LogP contribution in [0.15, 0.2) is 112 Å². The molecule has 0 aliphatic heterocycles. The van der Waals surface area contributed by atoms with Gasteiger partial charge in [-0.25, -0.2) is 0 Å². The molecule has 0 aliphatic rings. The van der Waals surface area contributed by atoms with Crippen LogP contribution in [0.25, 0.3) is 44.2 Å². The van der Waals surface area contributed by atoms with Crippen molar-refractivity contribution in [1.82, 2.24) is 0 Å². The summed E-state index contributed by atoms with van der Waals surface area (Å²) in [5.74, 6) is 1.36. The summed E-state index contributed by atoms with van der Waals surface area (Å²) >= 11 is 0. The average Bonchev–Trinajstić information content (AvgIpc) is 3.10. The summed E-state index contributed by atoms with van der Waals surface area (Å²) in [6, 6.07) is 35.1. The van der Waals surface area contributed by atoms with Gasteiger partial charge in [0.25, 0.3) is 0 Å². The smallest absolute Gasteiger partial charge is 0.453 e. The summed E-state index contributed by atoms with van der Waals surface area (Å²) in [4.78, 5) is 0. The highest BCUT2D eigenvalue weighted by Gasteiger charge is 2.19. The predicted octanol–water partition coefficient (Wildman–Crippen LogP) is 10.4. The first-order valence-electron chi connectivity index (χ1n) is 12.9. The molecule has 0 amide bonds. The summed E-state index contributed by atoms with van der Waals surface area (Å²) < 4.78 is 25.8. The first kappa shape index (κ1) is 24.9. The van der Waals surface area contributed by atoms with Gasteiger partial charge in [0.05, 0.1) is 7.11 Å². The van der Waals surface area contributed by atoms with E-state index in [-0.39, 0.29) is 0 Å². The van der Waals surface area contributed by atoms with Gasteiger partial charge in [0.2, 0.25) is 0 Å². The lowest BCUT2D eigenvalue weighted by Crippen LogP contribution is -1.90. The molecule has 1 aromatic heterocycles. The molecule has 39 heavy (non-hydrogen) atoms. The second kappa shape index (κ2) is 10.4. The molecule has 0 fully saturated rings. The van der Waals surface area contributed by atoms with Gasteiger partial charge in [0.15, 0.2) is 17.1 Å². The first-order chi connectivity index (χ1) is 19.0. The molecule has 5 heteroatoms. The fourth-order valence-corrected chi connectivity index (χ4v) is 6.25. The van der Waals surface area contributed by atoms with Gasteiger partial charge in [0.1, 0.15) is 5.58 Å². The van der Waals surface area contributed by atoms with Crippen molar-refractivity contribution in [3.05, 3.63) is 120 Å². The molecule has 0 radical (unpaired) electrons. The maximum atomic E-state index is 6.80. The number of rotatable bonds is 5. The van der Waals surface area contributed by atoms with E-state index in [0.29, 0.717) is 17.1 Å². The van der Waals surface area contributed by atoms with E-state index in [1.165, 1.54) is 0 Å². The number of hydrogen-bond donors (Lipinski definition) is 0. The Bertz CT molecular complexity index is 1780. The fraction of sp³-hybridized carbons (Fsp3) is 0.118. The minimum atomic E-state index is -1.90. The molecule has 6 aromatic rings. The number of methoxy groups -OCH3 is 1. The molecule has 0 spiro atoms. The molecule has 0 N–H and O–H groups in total. The normalized spacial score (nSPS) is 11.5. The highest BCUT2D eigenvalue weighted by molar-refractivity contribution is 7.32. The highest BCUT2D eigenvalue weighted by Crippen LogP contribution is 2.47. The van der Waals surface area contributed by atoms with Gasteiger partial charge >= 0.3 is 8.24 Å². The zero-order valence-corrected chi connectivity index (χ0v) is 23.3. The zero-order valence-electron chi connectivity index (χ0n) is 22.4. The second-order valence-corrected chi connectivity index (χ2v) is 10.7. The van der Waals surface area contributed by atoms with E-state index in [1.54, 1.807) is 7.11 Å². The number of aryl methyl sites for hydroxylation is 3. The molecule has 1 unspecified atom stereocenters. The van der Waals surface area contributed by atoms with Crippen LogP contribution in [0.3, 0.4) is 0 Å². The van der Waals surface area contributed by atoms with Crippen LogP contribution in [0.5, 0.6) is 11.5 Å². The monoisotopic (exact) mass is 532 g/mol. The number of ether oxygens (including phenoxy) is 1. The Balaban J connectivity index is 1.67. The van der Waals surface area contributed by atoms with Gasteiger partial charge in [-0.3, -0.25) is 0 Å². The summed E-state index contributed by atoms with van der Waals surface area (Å²) in [6.45, 7) is 6.20. The van der Waals surface area contributed by atoms with Crippen LogP contribution in [0.2, 0.25) is 0 Å². The molecule has 0 saturated carbocycles. The Labute approximate surface area is 229 Å². The van der Waals surface area contributed by atoms with Crippen LogP contribution >= 0.6 is 8.24 Å². The molecule has 4 nitrogen and oxygen atoms in total. The summed E-state index contributed by atoms with van der Waals surface area (Å²) in [6.07, 6.45) is 0. The van der Waals surface area contributed by atoms with Crippen LogP contribution in [0.1, 0.15) is 16.7 Å². The van der Waals surface area contributed by atoms with Crippen molar-refractivity contribution in [3.63, 3.8) is 0 Å². The van der Waals surface area contributed by atoms with Crippen molar-refractivity contribution < 1.29 is 17.7 Å². The third-order valence-corrected chi connectivity index (χ3v) is 7.81. The van der Waals surface area contributed by atoms with Crippen LogP contribution < -0.4 is 9.26 Å². The third kappa shape index (κ3) is 4.80. The van der Waals surface area contributed by atoms with E-state index in [9.17, 15) is 0 Å². The molecule has 5 aromatic carbocycles. The van der Waals surface area contributed by atoms with E-state index in [1.807, 2.05) is 42.5 Å². The van der Waals surface area contributed by atoms with E-state index < -0.39 is 8.24 Å². The molecule has 0 aliphatic carbocycles. The van der Waals surface area contributed by atoms with Crippen molar-refractivity contribution in [2.45, 2.75) is 20.8 Å². The van der Waals surface area contributed by atoms with Gasteiger partial charge in [-0.2, -0.15) is 0 Å². The zero-order chi connectivity index (χ0) is 26.9. The fourth-order valence-electron chi connectivity index (χ4n) is 5.07. The standard InChI is InChI=1S/C34H29O4P/c1-22-18-24(3)32-29(19-22)30-20-23(2)21-31(35-4)34(30)38-39(36-32)37-33-27(25-12-7-5-8-13-25)16-11-17-28(33)26-14-9-6-10-15-26/h5-21H,1-4H3. The molecule has 0 bridgehead atoms. The van der Waals surface area contributed by atoms with Crippen molar-refractivity contribution >= 4 is 30.2 Å². The minimum absolute atomic E-state index is 0.622. The van der Waals surface area contributed by atoms with Crippen LogP contribution in [0.4, 0.5) is 0 Å². The predicted molar refractivity (Wildman–Crippen MR) is 160 cm³/mol. The molecule has 194 valence electrons. The lowest BCUT2D eigenvalue weighted by Gasteiger charge is -2.14. The van der Waals surface area contributed by atoms with E-state index >= 15 is 0 Å². The molecule has 1 atom stereocenters. The third-order valence-electron chi connectivity index (χ3n) is 6.81. The lowest BCUT2D eigenvalue weighted by atomic mass is 9.97. The highest BCUT2D eigenvalue weighted by atomic mass is 31.1. The molecule has 6 rings (SSSR count). The number of para-hydroxylation sites is 1.